The van der Waals surface area contributed by atoms with Crippen LogP contribution in [-0.4, -0.2) is 52.3 Å². The van der Waals surface area contributed by atoms with Crippen molar-refractivity contribution in [1.29, 1.82) is 0 Å². The summed E-state index contributed by atoms with van der Waals surface area (Å²) < 4.78 is 10.7. The molecule has 1 aromatic carbocycles. The van der Waals surface area contributed by atoms with E-state index >= 15 is 0 Å². The van der Waals surface area contributed by atoms with E-state index in [2.05, 4.69) is 0 Å². The first-order chi connectivity index (χ1) is 12.2. The molecule has 2 rings (SSSR count). The second kappa shape index (κ2) is 8.31. The average molecular weight is 363 g/mol. The molecule has 0 aromatic heterocycles. The summed E-state index contributed by atoms with van der Waals surface area (Å²) in [7, 11) is 0. The Balaban J connectivity index is 2.17. The summed E-state index contributed by atoms with van der Waals surface area (Å²) in [5.41, 5.74) is -0.104. The van der Waals surface area contributed by atoms with Crippen LogP contribution < -0.4 is 0 Å². The molecule has 1 N–H and O–H groups in total. The molecule has 0 spiro atoms. The van der Waals surface area contributed by atoms with Gasteiger partial charge in [0, 0.05) is 6.42 Å². The van der Waals surface area contributed by atoms with Gasteiger partial charge in [0.15, 0.2) is 0 Å². The molecule has 0 bridgehead atoms. The Morgan fingerprint density at radius 3 is 2.46 bits per heavy atom. The van der Waals surface area contributed by atoms with Crippen molar-refractivity contribution in [3.8, 4) is 0 Å². The fraction of sp³-hybridized carbons (Fsp3) is 0.526. The predicted molar refractivity (Wildman–Crippen MR) is 93.6 cm³/mol. The highest BCUT2D eigenvalue weighted by Crippen LogP contribution is 2.35. The summed E-state index contributed by atoms with van der Waals surface area (Å²) >= 11 is 0. The average Bonchev–Trinajstić information content (AvgIpc) is 2.78. The Morgan fingerprint density at radius 1 is 1.23 bits per heavy atom. The zero-order valence-corrected chi connectivity index (χ0v) is 15.3. The highest BCUT2D eigenvalue weighted by atomic mass is 16.6. The van der Waals surface area contributed by atoms with Crippen molar-refractivity contribution in [2.75, 3.05) is 6.61 Å². The van der Waals surface area contributed by atoms with Crippen molar-refractivity contribution in [1.82, 2.24) is 4.90 Å². The first kappa shape index (κ1) is 19.9. The summed E-state index contributed by atoms with van der Waals surface area (Å²) in [6.45, 7) is 5.21. The molecule has 1 aliphatic heterocycles. The van der Waals surface area contributed by atoms with Crippen molar-refractivity contribution in [3.05, 3.63) is 35.9 Å². The molecule has 1 fully saturated rings. The molecule has 1 saturated heterocycles. The van der Waals surface area contributed by atoms with Gasteiger partial charge in [-0.2, -0.15) is 0 Å². The minimum atomic E-state index is -1.10. The second-order valence-electron chi connectivity index (χ2n) is 6.74. The van der Waals surface area contributed by atoms with E-state index in [0.29, 0.717) is 6.42 Å². The van der Waals surface area contributed by atoms with Gasteiger partial charge >= 0.3 is 12.1 Å². The maximum atomic E-state index is 12.2. The molecule has 142 valence electrons. The van der Waals surface area contributed by atoms with Crippen molar-refractivity contribution in [3.63, 3.8) is 0 Å². The molecule has 7 heteroatoms. The van der Waals surface area contributed by atoms with Crippen molar-refractivity contribution < 1.29 is 29.0 Å². The van der Waals surface area contributed by atoms with Crippen molar-refractivity contribution in [2.45, 2.75) is 57.9 Å². The molecule has 1 aromatic rings. The van der Waals surface area contributed by atoms with Gasteiger partial charge in [-0.05, 0) is 32.8 Å². The first-order valence-corrected chi connectivity index (χ1v) is 8.66. The van der Waals surface area contributed by atoms with Crippen LogP contribution in [0.1, 0.15) is 39.2 Å². The molecule has 2 atom stereocenters. The van der Waals surface area contributed by atoms with Crippen LogP contribution in [0.5, 0.6) is 0 Å². The summed E-state index contributed by atoms with van der Waals surface area (Å²) in [5.74, 6) is -0.904. The third-order valence-corrected chi connectivity index (χ3v) is 4.35. The van der Waals surface area contributed by atoms with Gasteiger partial charge in [-0.15, -0.1) is 0 Å². The lowest BCUT2D eigenvalue weighted by atomic mass is 9.96. The fourth-order valence-corrected chi connectivity index (χ4v) is 3.37. The summed E-state index contributed by atoms with van der Waals surface area (Å²) in [4.78, 5) is 36.8. The summed E-state index contributed by atoms with van der Waals surface area (Å²) in [6.07, 6.45) is -1.67. The Kier molecular flexibility index (Phi) is 6.37. The summed E-state index contributed by atoms with van der Waals surface area (Å²) in [5, 5.41) is 9.65. The van der Waals surface area contributed by atoms with Crippen LogP contribution in [0.2, 0.25) is 0 Å². The monoisotopic (exact) mass is 363 g/mol. The maximum absolute atomic E-state index is 12.2. The molecule has 1 aliphatic rings. The van der Waals surface area contributed by atoms with Crippen LogP contribution in [0.4, 0.5) is 4.79 Å². The number of carboxylic acid groups (broad SMARTS) is 1. The van der Waals surface area contributed by atoms with Gasteiger partial charge in [-0.25, -0.2) is 4.79 Å². The quantitative estimate of drug-likeness (QED) is 0.591. The number of hydrogen-bond acceptors (Lipinski definition) is 5. The number of hydrogen-bond donors (Lipinski definition) is 1. The number of carbonyl (C=O) groups excluding carboxylic acids is 2. The molecule has 1 amide bonds. The second-order valence-corrected chi connectivity index (χ2v) is 6.74. The van der Waals surface area contributed by atoms with E-state index in [1.54, 1.807) is 20.8 Å². The molecule has 26 heavy (non-hydrogen) atoms. The first-order valence-electron chi connectivity index (χ1n) is 8.66. The number of Topliss-reactive ketones (excluding diaryl/α,β-unsaturated/α-hetero) is 1. The smallest absolute Gasteiger partial charge is 0.409 e. The van der Waals surface area contributed by atoms with Crippen LogP contribution in [0.25, 0.3) is 0 Å². The van der Waals surface area contributed by atoms with Gasteiger partial charge in [0.05, 0.1) is 18.8 Å². The Hall–Kier alpha value is -2.41. The minimum absolute atomic E-state index is 0.0382. The van der Waals surface area contributed by atoms with Gasteiger partial charge in [0.2, 0.25) is 0 Å². The Labute approximate surface area is 152 Å². The van der Waals surface area contributed by atoms with Crippen LogP contribution in [0.3, 0.4) is 0 Å². The number of esters is 1. The zero-order valence-electron chi connectivity index (χ0n) is 15.3. The highest BCUT2D eigenvalue weighted by molar-refractivity contribution is 5.95. The van der Waals surface area contributed by atoms with Gasteiger partial charge in [-0.3, -0.25) is 14.5 Å². The lowest BCUT2D eigenvalue weighted by Crippen LogP contribution is -2.48. The lowest BCUT2D eigenvalue weighted by molar-refractivity contribution is -0.146. The van der Waals surface area contributed by atoms with Gasteiger partial charge in [0.25, 0.3) is 0 Å². The van der Waals surface area contributed by atoms with E-state index in [9.17, 15) is 19.5 Å². The third kappa shape index (κ3) is 4.82. The maximum Gasteiger partial charge on any atom is 0.409 e. The van der Waals surface area contributed by atoms with E-state index in [-0.39, 0.29) is 25.2 Å². The topological polar surface area (TPSA) is 93.1 Å². The number of ketones is 1. The van der Waals surface area contributed by atoms with Crippen LogP contribution in [0, 0.1) is 0 Å². The molecular weight excluding hydrogens is 338 g/mol. The SMILES string of the molecule is CCOC(=O)CC(=O)CC1OC(C)(C)N(C(=O)O)C1Cc1ccccc1. The fourth-order valence-electron chi connectivity index (χ4n) is 3.37. The number of nitrogens with zero attached hydrogens (tertiary/aromatic N) is 1. The molecular formula is C19H25NO6. The minimum Gasteiger partial charge on any atom is -0.466 e. The van der Waals surface area contributed by atoms with E-state index < -0.39 is 29.9 Å². The summed E-state index contributed by atoms with van der Waals surface area (Å²) in [6, 6.07) is 8.93. The molecule has 0 aliphatic carbocycles. The van der Waals surface area contributed by atoms with Crippen LogP contribution in [-0.2, 0) is 25.5 Å². The van der Waals surface area contributed by atoms with Gasteiger partial charge < -0.3 is 14.6 Å². The lowest BCUT2D eigenvalue weighted by Gasteiger charge is -2.31. The molecule has 0 saturated carbocycles. The van der Waals surface area contributed by atoms with Crippen LogP contribution >= 0.6 is 0 Å². The highest BCUT2D eigenvalue weighted by Gasteiger charge is 2.50. The Morgan fingerprint density at radius 2 is 1.88 bits per heavy atom. The van der Waals surface area contributed by atoms with E-state index in [0.717, 1.165) is 5.56 Å². The van der Waals surface area contributed by atoms with Crippen LogP contribution in [0.15, 0.2) is 30.3 Å². The molecule has 2 unspecified atom stereocenters. The Bertz CT molecular complexity index is 657. The van der Waals surface area contributed by atoms with E-state index in [1.165, 1.54) is 4.90 Å². The van der Waals surface area contributed by atoms with E-state index in [4.69, 9.17) is 9.47 Å². The largest absolute Gasteiger partial charge is 0.466 e. The van der Waals surface area contributed by atoms with E-state index in [1.807, 2.05) is 30.3 Å². The number of carbonyl (C=O) groups is 3. The molecule has 0 radical (unpaired) electrons. The predicted octanol–water partition coefficient (Wildman–Crippen LogP) is 2.63. The van der Waals surface area contributed by atoms with Gasteiger partial charge in [-0.1, -0.05) is 30.3 Å². The van der Waals surface area contributed by atoms with Gasteiger partial charge in [0.1, 0.15) is 17.9 Å². The number of ether oxygens (including phenoxy) is 2. The van der Waals surface area contributed by atoms with Crippen molar-refractivity contribution >= 4 is 17.8 Å². The standard InChI is InChI=1S/C19H25NO6/c1-4-25-17(22)12-14(21)11-16-15(10-13-8-6-5-7-9-13)20(18(23)24)19(2,3)26-16/h5-9,15-16H,4,10-12H2,1-3H3,(H,23,24). The zero-order chi connectivity index (χ0) is 19.3. The third-order valence-electron chi connectivity index (χ3n) is 4.35. The number of rotatable bonds is 7. The van der Waals surface area contributed by atoms with Crippen molar-refractivity contribution in [2.24, 2.45) is 0 Å². The molecule has 1 heterocycles. The number of amides is 1. The molecule has 7 nitrogen and oxygen atoms in total. The number of benzene rings is 1. The normalized spacial score (nSPS) is 21.4.